The van der Waals surface area contributed by atoms with Crippen LogP contribution in [0.1, 0.15) is 16.5 Å². The topological polar surface area (TPSA) is 69.4 Å². The third kappa shape index (κ3) is 4.49. The number of sulfonamides is 1. The second kappa shape index (κ2) is 6.02. The van der Waals surface area contributed by atoms with Gasteiger partial charge in [-0.25, -0.2) is 13.6 Å². The lowest BCUT2D eigenvalue weighted by Gasteiger charge is -2.26. The molecule has 2 rings (SSSR count). The first kappa shape index (κ1) is 16.4. The van der Waals surface area contributed by atoms with Crippen LogP contribution in [0.4, 0.5) is 0 Å². The molecule has 1 aromatic carbocycles. The van der Waals surface area contributed by atoms with Crippen molar-refractivity contribution in [3.05, 3.63) is 52.2 Å². The molecule has 4 nitrogen and oxygen atoms in total. The molecular weight excluding hydrogens is 322 g/mol. The van der Waals surface area contributed by atoms with Crippen molar-refractivity contribution in [1.82, 2.24) is 0 Å². The fraction of sp³-hybridized carbons (Fsp3) is 0.286. The summed E-state index contributed by atoms with van der Waals surface area (Å²) in [7, 11) is -5.47. The van der Waals surface area contributed by atoms with Crippen LogP contribution in [0.15, 0.2) is 46.7 Å². The molecule has 0 aliphatic rings. The number of rotatable bonds is 5. The SMILES string of the molecule is C[Si](C)(C)OC(c1ccccc1)c1cc(S(N)(=O)=O)cs1. The summed E-state index contributed by atoms with van der Waals surface area (Å²) in [5, 5.41) is 6.75. The summed E-state index contributed by atoms with van der Waals surface area (Å²) in [6.07, 6.45) is -0.252. The average molecular weight is 342 g/mol. The third-order valence-electron chi connectivity index (χ3n) is 2.76. The maximum Gasteiger partial charge on any atom is 0.238 e. The molecule has 7 heteroatoms. The highest BCUT2D eigenvalue weighted by atomic mass is 32.2. The van der Waals surface area contributed by atoms with Crippen LogP contribution < -0.4 is 5.14 Å². The van der Waals surface area contributed by atoms with Crippen LogP contribution in [0, 0.1) is 0 Å². The van der Waals surface area contributed by atoms with Gasteiger partial charge < -0.3 is 4.43 Å². The Balaban J connectivity index is 2.43. The molecule has 0 spiro atoms. The standard InChI is InChI=1S/C14H19NO3S2Si/c1-21(2,3)18-14(11-7-5-4-6-8-11)13-9-12(10-19-13)20(15,16)17/h4-10,14H,1-3H3,(H2,15,16,17). The first-order valence-electron chi connectivity index (χ1n) is 6.51. The number of primary sulfonamides is 1. The molecule has 114 valence electrons. The van der Waals surface area contributed by atoms with Gasteiger partial charge in [-0.15, -0.1) is 11.3 Å². The van der Waals surface area contributed by atoms with Crippen LogP contribution in [-0.2, 0) is 14.4 Å². The van der Waals surface area contributed by atoms with Gasteiger partial charge in [-0.1, -0.05) is 30.3 Å². The summed E-state index contributed by atoms with van der Waals surface area (Å²) in [6.45, 7) is 6.32. The molecule has 0 bridgehead atoms. The lowest BCUT2D eigenvalue weighted by Crippen LogP contribution is -2.28. The lowest BCUT2D eigenvalue weighted by molar-refractivity contribution is 0.243. The molecule has 2 N–H and O–H groups in total. The molecule has 1 heterocycles. The third-order valence-corrected chi connectivity index (χ3v) is 5.72. The molecule has 0 saturated heterocycles. The van der Waals surface area contributed by atoms with Crippen LogP contribution in [0.3, 0.4) is 0 Å². The first-order chi connectivity index (χ1) is 9.67. The number of benzene rings is 1. The van der Waals surface area contributed by atoms with Gasteiger partial charge in [0.2, 0.25) is 10.0 Å². The summed E-state index contributed by atoms with van der Waals surface area (Å²) in [4.78, 5) is 0.996. The van der Waals surface area contributed by atoms with E-state index in [4.69, 9.17) is 9.56 Å². The first-order valence-corrected chi connectivity index (χ1v) is 12.3. The Labute approximate surface area is 130 Å². The van der Waals surface area contributed by atoms with Crippen molar-refractivity contribution >= 4 is 29.7 Å². The van der Waals surface area contributed by atoms with Gasteiger partial charge in [0.05, 0.1) is 4.90 Å². The van der Waals surface area contributed by atoms with Crippen molar-refractivity contribution in [2.45, 2.75) is 30.6 Å². The zero-order valence-corrected chi connectivity index (χ0v) is 14.9. The average Bonchev–Trinajstić information content (AvgIpc) is 2.85. The highest BCUT2D eigenvalue weighted by Crippen LogP contribution is 2.34. The van der Waals surface area contributed by atoms with Crippen LogP contribution >= 0.6 is 11.3 Å². The maximum atomic E-state index is 11.4. The minimum Gasteiger partial charge on any atom is -0.406 e. The predicted octanol–water partition coefficient (Wildman–Crippen LogP) is 3.34. The van der Waals surface area contributed by atoms with Crippen LogP contribution in [0.2, 0.25) is 19.6 Å². The Morgan fingerprint density at radius 1 is 1.19 bits per heavy atom. The highest BCUT2D eigenvalue weighted by molar-refractivity contribution is 7.89. The lowest BCUT2D eigenvalue weighted by atomic mass is 10.1. The van der Waals surface area contributed by atoms with Crippen molar-refractivity contribution in [2.75, 3.05) is 0 Å². The van der Waals surface area contributed by atoms with E-state index < -0.39 is 18.3 Å². The van der Waals surface area contributed by atoms with E-state index in [1.165, 1.54) is 11.3 Å². The van der Waals surface area contributed by atoms with Crippen LogP contribution in [0.25, 0.3) is 0 Å². The highest BCUT2D eigenvalue weighted by Gasteiger charge is 2.26. The molecule has 0 fully saturated rings. The molecule has 0 radical (unpaired) electrons. The largest absolute Gasteiger partial charge is 0.406 e. The van der Waals surface area contributed by atoms with Crippen molar-refractivity contribution in [2.24, 2.45) is 5.14 Å². The Bertz CT molecular complexity index is 705. The van der Waals surface area contributed by atoms with E-state index >= 15 is 0 Å². The monoisotopic (exact) mass is 341 g/mol. The molecular formula is C14H19NO3S2Si. The van der Waals surface area contributed by atoms with Gasteiger partial charge in [0.25, 0.3) is 0 Å². The second-order valence-corrected chi connectivity index (χ2v) is 12.7. The summed E-state index contributed by atoms with van der Waals surface area (Å²) in [6, 6.07) is 11.4. The van der Waals surface area contributed by atoms with E-state index in [2.05, 4.69) is 19.6 Å². The number of thiophene rings is 1. The smallest absolute Gasteiger partial charge is 0.238 e. The molecule has 0 amide bonds. The minimum atomic E-state index is -3.68. The quantitative estimate of drug-likeness (QED) is 0.848. The maximum absolute atomic E-state index is 11.4. The molecule has 1 aromatic heterocycles. The Hall–Kier alpha value is -0.993. The van der Waals surface area contributed by atoms with Crippen molar-refractivity contribution in [3.8, 4) is 0 Å². The van der Waals surface area contributed by atoms with Gasteiger partial charge in [0.15, 0.2) is 8.32 Å². The summed E-state index contributed by atoms with van der Waals surface area (Å²) >= 11 is 1.36. The van der Waals surface area contributed by atoms with Gasteiger partial charge in [-0.2, -0.15) is 0 Å². The van der Waals surface area contributed by atoms with Crippen LogP contribution in [0.5, 0.6) is 0 Å². The molecule has 1 atom stereocenters. The Morgan fingerprint density at radius 2 is 1.81 bits per heavy atom. The summed E-state index contributed by atoms with van der Waals surface area (Å²) in [5.41, 5.74) is 1.02. The van der Waals surface area contributed by atoms with Gasteiger partial charge in [-0.3, -0.25) is 0 Å². The van der Waals surface area contributed by atoms with E-state index in [9.17, 15) is 8.42 Å². The van der Waals surface area contributed by atoms with Gasteiger partial charge in [-0.05, 0) is 31.3 Å². The zero-order chi connectivity index (χ0) is 15.7. The zero-order valence-electron chi connectivity index (χ0n) is 12.2. The van der Waals surface area contributed by atoms with Gasteiger partial charge in [0, 0.05) is 10.3 Å². The second-order valence-electron chi connectivity index (χ2n) is 5.75. The minimum absolute atomic E-state index is 0.141. The van der Waals surface area contributed by atoms with Crippen LogP contribution in [-0.4, -0.2) is 16.7 Å². The summed E-state index contributed by atoms with van der Waals surface area (Å²) < 4.78 is 29.1. The molecule has 21 heavy (non-hydrogen) atoms. The molecule has 0 aliphatic carbocycles. The molecule has 0 saturated carbocycles. The van der Waals surface area contributed by atoms with Gasteiger partial charge >= 0.3 is 0 Å². The summed E-state index contributed by atoms with van der Waals surface area (Å²) in [5.74, 6) is 0. The van der Waals surface area contributed by atoms with E-state index in [-0.39, 0.29) is 11.0 Å². The number of hydrogen-bond donors (Lipinski definition) is 1. The van der Waals surface area contributed by atoms with E-state index in [1.807, 2.05) is 30.3 Å². The fourth-order valence-electron chi connectivity index (χ4n) is 1.89. The normalized spacial score (nSPS) is 14.1. The van der Waals surface area contributed by atoms with Gasteiger partial charge in [0.1, 0.15) is 6.10 Å². The predicted molar refractivity (Wildman–Crippen MR) is 88.4 cm³/mol. The Morgan fingerprint density at radius 3 is 2.29 bits per heavy atom. The van der Waals surface area contributed by atoms with Crippen molar-refractivity contribution in [3.63, 3.8) is 0 Å². The number of nitrogens with two attached hydrogens (primary N) is 1. The fourth-order valence-corrected chi connectivity index (χ4v) is 4.82. The number of hydrogen-bond acceptors (Lipinski definition) is 4. The van der Waals surface area contributed by atoms with E-state index in [1.54, 1.807) is 11.4 Å². The van der Waals surface area contributed by atoms with Crippen molar-refractivity contribution in [1.29, 1.82) is 0 Å². The van der Waals surface area contributed by atoms with Crippen molar-refractivity contribution < 1.29 is 12.8 Å². The molecule has 0 aliphatic heterocycles. The Kier molecular flexibility index (Phi) is 4.69. The van der Waals surface area contributed by atoms with E-state index in [0.29, 0.717) is 0 Å². The molecule has 2 aromatic rings. The van der Waals surface area contributed by atoms with E-state index in [0.717, 1.165) is 10.4 Å². The molecule has 1 unspecified atom stereocenters.